The van der Waals surface area contributed by atoms with Crippen molar-refractivity contribution in [2.45, 2.75) is 52.9 Å². The molecule has 0 aromatic carbocycles. The summed E-state index contributed by atoms with van der Waals surface area (Å²) >= 11 is 0. The van der Waals surface area contributed by atoms with E-state index in [0.717, 1.165) is 31.3 Å². The van der Waals surface area contributed by atoms with Gasteiger partial charge in [-0.1, -0.05) is 19.9 Å². The van der Waals surface area contributed by atoms with Gasteiger partial charge in [0.25, 0.3) is 0 Å². The van der Waals surface area contributed by atoms with Crippen molar-refractivity contribution in [2.24, 2.45) is 34.5 Å². The van der Waals surface area contributed by atoms with Crippen LogP contribution in [0.5, 0.6) is 0 Å². The molecule has 6 atom stereocenters. The number of Topliss-reactive ketones (excluding diaryl/α,β-unsaturated/α-hetero) is 1. The molecule has 2 fully saturated rings. The van der Waals surface area contributed by atoms with E-state index in [1.54, 1.807) is 19.1 Å². The molecule has 0 amide bonds. The van der Waals surface area contributed by atoms with Gasteiger partial charge in [0.15, 0.2) is 11.6 Å². The Morgan fingerprint density at radius 2 is 1.83 bits per heavy atom. The van der Waals surface area contributed by atoms with Crippen molar-refractivity contribution in [3.8, 4) is 0 Å². The predicted octanol–water partition coefficient (Wildman–Crippen LogP) is 3.68. The molecule has 0 unspecified atom stereocenters. The number of hydrogen-bond acceptors (Lipinski definition) is 3. The van der Waals surface area contributed by atoms with Gasteiger partial charge in [0, 0.05) is 23.7 Å². The van der Waals surface area contributed by atoms with Crippen LogP contribution in [0.4, 0.5) is 0 Å². The largest absolute Gasteiger partial charge is 0.300 e. The van der Waals surface area contributed by atoms with Gasteiger partial charge in [-0.25, -0.2) is 0 Å². The maximum Gasteiger partial charge on any atom is 0.159 e. The SMILES string of the molecule is CC(=O)[C@H]1CC[C@H]2[C@@H]3C(=O)C=C4C=CC(=O)C[C@]4(C)[C@H]3CC[C@]12C. The number of hydrogen-bond donors (Lipinski definition) is 0. The molecule has 2 saturated carbocycles. The van der Waals surface area contributed by atoms with Gasteiger partial charge in [0.2, 0.25) is 0 Å². The molecule has 0 aromatic rings. The van der Waals surface area contributed by atoms with Crippen molar-refractivity contribution in [1.82, 2.24) is 0 Å². The van der Waals surface area contributed by atoms with Gasteiger partial charge >= 0.3 is 0 Å². The predicted molar refractivity (Wildman–Crippen MR) is 91.2 cm³/mol. The standard InChI is InChI=1S/C21H26O3/c1-12(22)15-6-7-16-19-17(8-9-20(15,16)2)21(3)11-14(23)5-4-13(21)10-18(19)24/h4-5,10,15-17,19H,6-9,11H2,1-3H3/t15-,16+,17+,19+,20-,21+/m1/s1. The Bertz CT molecular complexity index is 700. The van der Waals surface area contributed by atoms with Crippen molar-refractivity contribution in [1.29, 1.82) is 0 Å². The van der Waals surface area contributed by atoms with Crippen LogP contribution in [0.1, 0.15) is 52.9 Å². The first kappa shape index (κ1) is 16.0. The fraction of sp³-hybridized carbons (Fsp3) is 0.667. The third-order valence-corrected chi connectivity index (χ3v) is 7.86. The van der Waals surface area contributed by atoms with E-state index in [4.69, 9.17) is 0 Å². The Kier molecular flexibility index (Phi) is 3.33. The summed E-state index contributed by atoms with van der Waals surface area (Å²) in [5, 5.41) is 0. The summed E-state index contributed by atoms with van der Waals surface area (Å²) in [6.45, 7) is 6.11. The Balaban J connectivity index is 1.77. The van der Waals surface area contributed by atoms with Gasteiger partial charge in [0.1, 0.15) is 5.78 Å². The van der Waals surface area contributed by atoms with Gasteiger partial charge in [-0.2, -0.15) is 0 Å². The smallest absolute Gasteiger partial charge is 0.159 e. The van der Waals surface area contributed by atoms with E-state index in [1.807, 2.05) is 6.08 Å². The van der Waals surface area contributed by atoms with Crippen LogP contribution in [-0.2, 0) is 14.4 Å². The van der Waals surface area contributed by atoms with Crippen molar-refractivity contribution >= 4 is 17.3 Å². The molecule has 0 N–H and O–H groups in total. The quantitative estimate of drug-likeness (QED) is 0.738. The fourth-order valence-corrected chi connectivity index (χ4v) is 6.62. The Labute approximate surface area is 143 Å². The molecule has 0 radical (unpaired) electrons. The first-order chi connectivity index (χ1) is 11.3. The zero-order chi connectivity index (χ0) is 17.3. The van der Waals surface area contributed by atoms with Gasteiger partial charge in [-0.3, -0.25) is 14.4 Å². The second kappa shape index (κ2) is 5.00. The Morgan fingerprint density at radius 3 is 2.54 bits per heavy atom. The van der Waals surface area contributed by atoms with Crippen LogP contribution in [0.15, 0.2) is 23.8 Å². The minimum atomic E-state index is -0.208. The highest BCUT2D eigenvalue weighted by molar-refractivity contribution is 5.99. The number of carbonyl (C=O) groups is 3. The lowest BCUT2D eigenvalue weighted by atomic mass is 9.47. The highest BCUT2D eigenvalue weighted by atomic mass is 16.1. The van der Waals surface area contributed by atoms with Crippen LogP contribution >= 0.6 is 0 Å². The molecule has 0 spiro atoms. The molecule has 3 heteroatoms. The molecule has 0 aliphatic heterocycles. The topological polar surface area (TPSA) is 51.2 Å². The lowest BCUT2D eigenvalue weighted by Gasteiger charge is -2.55. The van der Waals surface area contributed by atoms with Crippen LogP contribution in [0.25, 0.3) is 0 Å². The number of ketones is 3. The number of fused-ring (bicyclic) bond motifs is 5. The summed E-state index contributed by atoms with van der Waals surface area (Å²) in [5.74, 6) is 1.29. The summed E-state index contributed by atoms with van der Waals surface area (Å²) in [6.07, 6.45) is 9.63. The highest BCUT2D eigenvalue weighted by Gasteiger charge is 2.61. The fourth-order valence-electron chi connectivity index (χ4n) is 6.62. The monoisotopic (exact) mass is 326 g/mol. The van der Waals surface area contributed by atoms with E-state index < -0.39 is 0 Å². The molecular formula is C21H26O3. The highest BCUT2D eigenvalue weighted by Crippen LogP contribution is 2.64. The molecule has 4 rings (SSSR count). The molecule has 24 heavy (non-hydrogen) atoms. The van der Waals surface area contributed by atoms with E-state index >= 15 is 0 Å². The molecule has 0 heterocycles. The zero-order valence-corrected chi connectivity index (χ0v) is 14.8. The number of carbonyl (C=O) groups excluding carboxylic acids is 3. The van der Waals surface area contributed by atoms with Gasteiger partial charge in [0.05, 0.1) is 0 Å². The van der Waals surface area contributed by atoms with Crippen LogP contribution in [0, 0.1) is 34.5 Å². The summed E-state index contributed by atoms with van der Waals surface area (Å²) in [5.41, 5.74) is 0.789. The normalized spacial score (nSPS) is 46.9. The molecule has 4 aliphatic rings. The summed E-state index contributed by atoms with van der Waals surface area (Å²) < 4.78 is 0. The zero-order valence-electron chi connectivity index (χ0n) is 14.8. The average Bonchev–Trinajstić information content (AvgIpc) is 2.85. The second-order valence-corrected chi connectivity index (χ2v) is 8.92. The average molecular weight is 326 g/mol. The first-order valence-electron chi connectivity index (χ1n) is 9.25. The lowest BCUT2D eigenvalue weighted by Crippen LogP contribution is -2.53. The molecule has 0 saturated heterocycles. The van der Waals surface area contributed by atoms with Crippen LogP contribution in [-0.4, -0.2) is 17.3 Å². The summed E-state index contributed by atoms with van der Waals surface area (Å²) in [6, 6.07) is 0. The van der Waals surface area contributed by atoms with Crippen molar-refractivity contribution in [3.63, 3.8) is 0 Å². The maximum atomic E-state index is 13.0. The molecule has 0 aromatic heterocycles. The van der Waals surface area contributed by atoms with Gasteiger partial charge < -0.3 is 0 Å². The number of rotatable bonds is 1. The third kappa shape index (κ3) is 1.93. The van der Waals surface area contributed by atoms with Crippen molar-refractivity contribution < 1.29 is 14.4 Å². The molecular weight excluding hydrogens is 300 g/mol. The number of allylic oxidation sites excluding steroid dienone is 4. The van der Waals surface area contributed by atoms with E-state index in [0.29, 0.717) is 6.42 Å². The summed E-state index contributed by atoms with van der Waals surface area (Å²) in [4.78, 5) is 37.2. The van der Waals surface area contributed by atoms with Crippen LogP contribution < -0.4 is 0 Å². The van der Waals surface area contributed by atoms with Crippen molar-refractivity contribution in [2.75, 3.05) is 0 Å². The van der Waals surface area contributed by atoms with Crippen LogP contribution in [0.3, 0.4) is 0 Å². The van der Waals surface area contributed by atoms with Crippen molar-refractivity contribution in [3.05, 3.63) is 23.8 Å². The minimum absolute atomic E-state index is 0.0128. The van der Waals surface area contributed by atoms with Gasteiger partial charge in [-0.15, -0.1) is 0 Å². The lowest BCUT2D eigenvalue weighted by molar-refractivity contribution is -0.138. The molecule has 4 aliphatic carbocycles. The third-order valence-electron chi connectivity index (χ3n) is 7.86. The van der Waals surface area contributed by atoms with E-state index in [9.17, 15) is 14.4 Å². The van der Waals surface area contributed by atoms with E-state index in [1.165, 1.54) is 0 Å². The second-order valence-electron chi connectivity index (χ2n) is 8.92. The Hall–Kier alpha value is -1.51. The van der Waals surface area contributed by atoms with Gasteiger partial charge in [-0.05, 0) is 67.6 Å². The summed E-state index contributed by atoms with van der Waals surface area (Å²) in [7, 11) is 0. The Morgan fingerprint density at radius 1 is 1.08 bits per heavy atom. The van der Waals surface area contributed by atoms with E-state index in [2.05, 4.69) is 13.8 Å². The maximum absolute atomic E-state index is 13.0. The molecule has 128 valence electrons. The first-order valence-corrected chi connectivity index (χ1v) is 9.25. The molecule has 3 nitrogen and oxygen atoms in total. The molecule has 0 bridgehead atoms. The van der Waals surface area contributed by atoms with Crippen LogP contribution in [0.2, 0.25) is 0 Å². The van der Waals surface area contributed by atoms with E-state index in [-0.39, 0.29) is 51.9 Å². The minimum Gasteiger partial charge on any atom is -0.300 e.